The van der Waals surface area contributed by atoms with E-state index in [4.69, 9.17) is 4.74 Å². The van der Waals surface area contributed by atoms with Crippen molar-refractivity contribution in [3.8, 4) is 11.4 Å². The number of halogens is 1. The first-order valence-electron chi connectivity index (χ1n) is 8.76. The molecule has 7 nitrogen and oxygen atoms in total. The van der Waals surface area contributed by atoms with Gasteiger partial charge in [-0.25, -0.2) is 4.98 Å². The monoisotopic (exact) mass is 468 g/mol. The number of likely N-dealkylation sites (tertiary alicyclic amines) is 1. The summed E-state index contributed by atoms with van der Waals surface area (Å²) in [5, 5.41) is 10.3. The van der Waals surface area contributed by atoms with E-state index in [1.807, 2.05) is 19.2 Å². The lowest BCUT2D eigenvalue weighted by Gasteiger charge is -2.25. The normalized spacial score (nSPS) is 22.7. The number of nitrogens with zero attached hydrogens (tertiary/aromatic N) is 4. The fraction of sp³-hybridized carbons (Fsp3) is 0.500. The van der Waals surface area contributed by atoms with Gasteiger partial charge < -0.3 is 15.0 Å². The number of H-pyrrole nitrogens is 1. The van der Waals surface area contributed by atoms with Gasteiger partial charge in [-0.2, -0.15) is 5.10 Å². The highest BCUT2D eigenvalue weighted by molar-refractivity contribution is 14.0. The molecule has 2 N–H and O–H groups in total. The highest BCUT2D eigenvalue weighted by Gasteiger charge is 2.42. The van der Waals surface area contributed by atoms with E-state index < -0.39 is 0 Å². The molecule has 1 aromatic heterocycles. The molecular formula is C18H25IN6O. The topological polar surface area (TPSA) is 78.4 Å². The first-order valence-corrected chi connectivity index (χ1v) is 8.76. The summed E-state index contributed by atoms with van der Waals surface area (Å²) >= 11 is 0. The maximum Gasteiger partial charge on any atom is 0.193 e. The van der Waals surface area contributed by atoms with Crippen molar-refractivity contribution in [3.05, 3.63) is 36.2 Å². The van der Waals surface area contributed by atoms with E-state index in [0.717, 1.165) is 50.2 Å². The van der Waals surface area contributed by atoms with Crippen LogP contribution in [0.25, 0.3) is 11.4 Å². The minimum atomic E-state index is 0. The molecule has 1 atom stereocenters. The summed E-state index contributed by atoms with van der Waals surface area (Å²) in [7, 11) is 1.85. The Balaban J connectivity index is 0.00000196. The zero-order valence-electron chi connectivity index (χ0n) is 14.9. The summed E-state index contributed by atoms with van der Waals surface area (Å²) in [6, 6.07) is 8.30. The van der Waals surface area contributed by atoms with Crippen LogP contribution in [-0.4, -0.2) is 59.4 Å². The Bertz CT molecular complexity index is 742. The largest absolute Gasteiger partial charge is 0.381 e. The van der Waals surface area contributed by atoms with Gasteiger partial charge in [0.1, 0.15) is 6.33 Å². The predicted molar refractivity (Wildman–Crippen MR) is 111 cm³/mol. The summed E-state index contributed by atoms with van der Waals surface area (Å²) < 4.78 is 5.62. The minimum Gasteiger partial charge on any atom is -0.381 e. The van der Waals surface area contributed by atoms with Crippen molar-refractivity contribution in [2.45, 2.75) is 19.4 Å². The Hall–Kier alpha value is -1.68. The van der Waals surface area contributed by atoms with E-state index in [1.165, 1.54) is 24.7 Å². The van der Waals surface area contributed by atoms with Gasteiger partial charge in [0, 0.05) is 44.3 Å². The van der Waals surface area contributed by atoms with Gasteiger partial charge in [-0.05, 0) is 24.5 Å². The van der Waals surface area contributed by atoms with E-state index in [2.05, 4.69) is 42.5 Å². The molecule has 1 aromatic carbocycles. The molecule has 1 unspecified atom stereocenters. The average Bonchev–Trinajstić information content (AvgIpc) is 3.40. The van der Waals surface area contributed by atoms with Gasteiger partial charge in [0.05, 0.1) is 6.61 Å². The number of hydrogen-bond donors (Lipinski definition) is 2. The van der Waals surface area contributed by atoms with Crippen LogP contribution in [0, 0.1) is 5.41 Å². The van der Waals surface area contributed by atoms with Gasteiger partial charge in [-0.15, -0.1) is 24.0 Å². The molecule has 0 bridgehead atoms. The van der Waals surface area contributed by atoms with Gasteiger partial charge in [-0.3, -0.25) is 10.1 Å². The average molecular weight is 468 g/mol. The third-order valence-electron chi connectivity index (χ3n) is 5.20. The number of aliphatic imine (C=N–C) groups is 1. The third kappa shape index (κ3) is 4.01. The standard InChI is InChI=1S/C18H24N6O.HI/c1-19-17(24-7-5-18(11-24)6-8-25-12-18)20-10-14-3-2-4-15(9-14)16-21-13-22-23-16;/h2-4,9,13H,5-8,10-12H2,1H3,(H,19,20)(H,21,22,23);1H. The zero-order chi connectivity index (χ0) is 17.1. The fourth-order valence-electron chi connectivity index (χ4n) is 3.77. The molecule has 3 heterocycles. The second-order valence-corrected chi connectivity index (χ2v) is 6.91. The molecule has 0 amide bonds. The van der Waals surface area contributed by atoms with Gasteiger partial charge in [0.2, 0.25) is 0 Å². The minimum absolute atomic E-state index is 0. The van der Waals surface area contributed by atoms with E-state index in [0.29, 0.717) is 5.41 Å². The Morgan fingerprint density at radius 3 is 3.08 bits per heavy atom. The molecule has 2 aromatic rings. The zero-order valence-corrected chi connectivity index (χ0v) is 17.3. The summed E-state index contributed by atoms with van der Waals surface area (Å²) in [6.07, 6.45) is 3.88. The molecule has 2 fully saturated rings. The number of guanidine groups is 1. The molecular weight excluding hydrogens is 443 g/mol. The smallest absolute Gasteiger partial charge is 0.193 e. The van der Waals surface area contributed by atoms with Crippen LogP contribution in [0.1, 0.15) is 18.4 Å². The van der Waals surface area contributed by atoms with Crippen LogP contribution < -0.4 is 5.32 Å². The fourth-order valence-corrected chi connectivity index (χ4v) is 3.77. The van der Waals surface area contributed by atoms with Crippen molar-refractivity contribution in [2.24, 2.45) is 10.4 Å². The van der Waals surface area contributed by atoms with Crippen LogP contribution in [0.2, 0.25) is 0 Å². The summed E-state index contributed by atoms with van der Waals surface area (Å²) in [6.45, 7) is 4.59. The SMILES string of the molecule is CN=C(NCc1cccc(-c2ncn[nH]2)c1)N1CCC2(CCOC2)C1.I. The number of aromatic nitrogens is 3. The lowest BCUT2D eigenvalue weighted by molar-refractivity contribution is 0.156. The predicted octanol–water partition coefficient (Wildman–Crippen LogP) is 2.28. The quantitative estimate of drug-likeness (QED) is 0.411. The number of aromatic amines is 1. The first kappa shape index (κ1) is 19.1. The number of ether oxygens (including phenoxy) is 1. The Morgan fingerprint density at radius 1 is 1.42 bits per heavy atom. The lowest BCUT2D eigenvalue weighted by Crippen LogP contribution is -2.41. The maximum atomic E-state index is 5.62. The van der Waals surface area contributed by atoms with Crippen molar-refractivity contribution in [1.82, 2.24) is 25.4 Å². The van der Waals surface area contributed by atoms with Crippen LogP contribution >= 0.6 is 24.0 Å². The molecule has 8 heteroatoms. The van der Waals surface area contributed by atoms with Crippen molar-refractivity contribution in [3.63, 3.8) is 0 Å². The Kier molecular flexibility index (Phi) is 6.13. The van der Waals surface area contributed by atoms with Crippen LogP contribution in [-0.2, 0) is 11.3 Å². The number of rotatable bonds is 3. The molecule has 1 spiro atoms. The molecule has 2 aliphatic rings. The summed E-state index contributed by atoms with van der Waals surface area (Å²) in [5.74, 6) is 1.75. The number of benzene rings is 1. The third-order valence-corrected chi connectivity index (χ3v) is 5.20. The van der Waals surface area contributed by atoms with Crippen LogP contribution in [0.4, 0.5) is 0 Å². The Labute approximate surface area is 170 Å². The molecule has 0 radical (unpaired) electrons. The molecule has 2 saturated heterocycles. The van der Waals surface area contributed by atoms with Crippen molar-refractivity contribution in [2.75, 3.05) is 33.4 Å². The summed E-state index contributed by atoms with van der Waals surface area (Å²) in [5.41, 5.74) is 2.56. The first-order chi connectivity index (χ1) is 12.3. The van der Waals surface area contributed by atoms with E-state index in [1.54, 1.807) is 0 Å². The highest BCUT2D eigenvalue weighted by Crippen LogP contribution is 2.38. The molecule has 0 aliphatic carbocycles. The van der Waals surface area contributed by atoms with Crippen molar-refractivity contribution in [1.29, 1.82) is 0 Å². The van der Waals surface area contributed by atoms with Crippen LogP contribution in [0.5, 0.6) is 0 Å². The molecule has 140 valence electrons. The second kappa shape index (κ2) is 8.34. The van der Waals surface area contributed by atoms with Gasteiger partial charge in [-0.1, -0.05) is 18.2 Å². The number of nitrogens with one attached hydrogen (secondary N) is 2. The van der Waals surface area contributed by atoms with E-state index >= 15 is 0 Å². The Morgan fingerprint density at radius 2 is 2.35 bits per heavy atom. The second-order valence-electron chi connectivity index (χ2n) is 6.91. The highest BCUT2D eigenvalue weighted by atomic mass is 127. The van der Waals surface area contributed by atoms with E-state index in [9.17, 15) is 0 Å². The van der Waals surface area contributed by atoms with E-state index in [-0.39, 0.29) is 24.0 Å². The molecule has 0 saturated carbocycles. The lowest BCUT2D eigenvalue weighted by atomic mass is 9.87. The van der Waals surface area contributed by atoms with Crippen molar-refractivity contribution >= 4 is 29.9 Å². The molecule has 26 heavy (non-hydrogen) atoms. The molecule has 2 aliphatic heterocycles. The van der Waals surface area contributed by atoms with Gasteiger partial charge in [0.25, 0.3) is 0 Å². The van der Waals surface area contributed by atoms with Crippen LogP contribution in [0.15, 0.2) is 35.6 Å². The molecule has 4 rings (SSSR count). The summed E-state index contributed by atoms with van der Waals surface area (Å²) in [4.78, 5) is 11.0. The number of hydrogen-bond acceptors (Lipinski definition) is 4. The van der Waals surface area contributed by atoms with Crippen LogP contribution in [0.3, 0.4) is 0 Å². The van der Waals surface area contributed by atoms with Gasteiger partial charge in [0.15, 0.2) is 11.8 Å². The van der Waals surface area contributed by atoms with Crippen molar-refractivity contribution < 1.29 is 4.74 Å². The maximum absolute atomic E-state index is 5.62. The van der Waals surface area contributed by atoms with Gasteiger partial charge >= 0.3 is 0 Å².